The van der Waals surface area contributed by atoms with Crippen LogP contribution in [-0.2, 0) is 16.1 Å². The van der Waals surface area contributed by atoms with E-state index < -0.39 is 0 Å². The summed E-state index contributed by atoms with van der Waals surface area (Å²) < 4.78 is 2.02. The summed E-state index contributed by atoms with van der Waals surface area (Å²) in [7, 11) is 4.04. The Morgan fingerprint density at radius 3 is 2.57 bits per heavy atom. The van der Waals surface area contributed by atoms with Crippen molar-refractivity contribution < 1.29 is 9.59 Å². The van der Waals surface area contributed by atoms with Crippen LogP contribution in [0.25, 0.3) is 27.6 Å². The Hall–Kier alpha value is -3.64. The maximum Gasteiger partial charge on any atom is 0.261 e. The van der Waals surface area contributed by atoms with Gasteiger partial charge < -0.3 is 14.3 Å². The number of nitrogens with one attached hydrogen (secondary N) is 2. The Balaban J connectivity index is 1.80. The van der Waals surface area contributed by atoms with Crippen LogP contribution >= 0.6 is 0 Å². The first-order chi connectivity index (χ1) is 14.4. The second-order valence-electron chi connectivity index (χ2n) is 8.03. The predicted molar refractivity (Wildman–Crippen MR) is 118 cm³/mol. The van der Waals surface area contributed by atoms with E-state index in [2.05, 4.69) is 27.3 Å². The summed E-state index contributed by atoms with van der Waals surface area (Å²) in [6.45, 7) is 2.76. The van der Waals surface area contributed by atoms with E-state index in [4.69, 9.17) is 0 Å². The first kappa shape index (κ1) is 18.4. The highest BCUT2D eigenvalue weighted by Crippen LogP contribution is 2.37. The Kier molecular flexibility index (Phi) is 4.11. The second kappa shape index (κ2) is 6.71. The summed E-state index contributed by atoms with van der Waals surface area (Å²) in [5.41, 5.74) is 6.33. The highest BCUT2D eigenvalue weighted by atomic mass is 16.2. The molecule has 0 spiro atoms. The highest BCUT2D eigenvalue weighted by molar-refractivity contribution is 6.50. The average molecular weight is 398 g/mol. The fraction of sp³-hybridized carbons (Fsp3) is 0.167. The van der Waals surface area contributed by atoms with Crippen LogP contribution in [0.4, 0.5) is 0 Å². The summed E-state index contributed by atoms with van der Waals surface area (Å²) in [5.74, 6) is -0.722. The molecule has 150 valence electrons. The lowest BCUT2D eigenvalue weighted by molar-refractivity contribution is -0.122. The van der Waals surface area contributed by atoms with Crippen LogP contribution in [0, 0.1) is 6.92 Å². The van der Waals surface area contributed by atoms with Gasteiger partial charge in [0.25, 0.3) is 11.8 Å². The fourth-order valence-corrected chi connectivity index (χ4v) is 4.34. The molecular formula is C24H22N4O2. The lowest BCUT2D eigenvalue weighted by atomic mass is 9.97. The molecule has 2 N–H and O–H groups in total. The molecule has 0 atom stereocenters. The van der Waals surface area contributed by atoms with Crippen molar-refractivity contribution in [3.05, 3.63) is 77.2 Å². The number of pyridine rings is 1. The lowest BCUT2D eigenvalue weighted by Gasteiger charge is -2.12. The molecule has 0 aliphatic carbocycles. The van der Waals surface area contributed by atoms with Crippen molar-refractivity contribution in [3.8, 4) is 0 Å². The van der Waals surface area contributed by atoms with Gasteiger partial charge in [0.2, 0.25) is 0 Å². The molecule has 1 aromatic carbocycles. The van der Waals surface area contributed by atoms with Crippen LogP contribution in [0.5, 0.6) is 0 Å². The maximum atomic E-state index is 13.0. The number of benzene rings is 1. The lowest BCUT2D eigenvalue weighted by Crippen LogP contribution is -2.23. The van der Waals surface area contributed by atoms with E-state index in [0.29, 0.717) is 11.1 Å². The first-order valence-corrected chi connectivity index (χ1v) is 9.86. The van der Waals surface area contributed by atoms with Crippen LogP contribution in [0.15, 0.2) is 54.9 Å². The molecule has 3 aromatic heterocycles. The number of H-pyrrole nitrogens is 1. The standard InChI is InChI=1S/C24H22N4O2/c1-14-10-16-9-8-15(12-27(2)3)13-28(16)22(14)21-20(23(29)26-24(21)30)18-11-25-19-7-5-4-6-17(18)19/h4-11,13,25H,12H2,1-3H3,(H,26,29,30). The molecule has 1 aliphatic rings. The predicted octanol–water partition coefficient (Wildman–Crippen LogP) is 3.36. The number of aromatic amines is 1. The molecule has 0 saturated carbocycles. The Bertz CT molecular complexity index is 1370. The molecule has 6 nitrogen and oxygen atoms in total. The number of para-hydroxylation sites is 1. The molecule has 0 bridgehead atoms. The van der Waals surface area contributed by atoms with E-state index >= 15 is 0 Å². The van der Waals surface area contributed by atoms with Gasteiger partial charge in [0, 0.05) is 40.9 Å². The zero-order valence-electron chi connectivity index (χ0n) is 17.1. The number of rotatable bonds is 4. The molecule has 4 heterocycles. The molecule has 6 heteroatoms. The van der Waals surface area contributed by atoms with Crippen molar-refractivity contribution in [2.75, 3.05) is 14.1 Å². The van der Waals surface area contributed by atoms with E-state index in [1.54, 1.807) is 6.20 Å². The summed E-state index contributed by atoms with van der Waals surface area (Å²) in [4.78, 5) is 31.1. The summed E-state index contributed by atoms with van der Waals surface area (Å²) in [6, 6.07) is 14.0. The zero-order chi connectivity index (χ0) is 21.0. The molecule has 0 unspecified atom stereocenters. The molecule has 0 saturated heterocycles. The number of aryl methyl sites for hydroxylation is 1. The average Bonchev–Trinajstić information content (AvgIpc) is 3.33. The van der Waals surface area contributed by atoms with Crippen molar-refractivity contribution in [1.82, 2.24) is 19.6 Å². The number of hydrogen-bond donors (Lipinski definition) is 2. The third-order valence-electron chi connectivity index (χ3n) is 5.55. The van der Waals surface area contributed by atoms with Crippen molar-refractivity contribution in [3.63, 3.8) is 0 Å². The number of fused-ring (bicyclic) bond motifs is 2. The number of carbonyl (C=O) groups excluding carboxylic acids is 2. The van der Waals surface area contributed by atoms with E-state index in [1.807, 2.05) is 61.9 Å². The molecule has 5 rings (SSSR count). The smallest absolute Gasteiger partial charge is 0.261 e. The zero-order valence-corrected chi connectivity index (χ0v) is 17.1. The second-order valence-corrected chi connectivity index (χ2v) is 8.03. The van der Waals surface area contributed by atoms with Crippen LogP contribution in [0.2, 0.25) is 0 Å². The fourth-order valence-electron chi connectivity index (χ4n) is 4.34. The molecule has 4 aromatic rings. The van der Waals surface area contributed by atoms with E-state index in [9.17, 15) is 9.59 Å². The van der Waals surface area contributed by atoms with Crippen molar-refractivity contribution in [2.24, 2.45) is 0 Å². The minimum atomic E-state index is -0.362. The van der Waals surface area contributed by atoms with Crippen LogP contribution in [0.1, 0.15) is 22.4 Å². The van der Waals surface area contributed by atoms with Crippen LogP contribution < -0.4 is 5.32 Å². The number of aromatic nitrogens is 2. The van der Waals surface area contributed by atoms with Gasteiger partial charge in [-0.2, -0.15) is 0 Å². The van der Waals surface area contributed by atoms with Gasteiger partial charge in [-0.05, 0) is 50.3 Å². The topological polar surface area (TPSA) is 69.6 Å². The highest BCUT2D eigenvalue weighted by Gasteiger charge is 2.35. The molecule has 30 heavy (non-hydrogen) atoms. The Morgan fingerprint density at radius 2 is 1.77 bits per heavy atom. The normalized spacial score (nSPS) is 14.5. The number of hydrogen-bond acceptors (Lipinski definition) is 3. The van der Waals surface area contributed by atoms with E-state index in [-0.39, 0.29) is 11.8 Å². The quantitative estimate of drug-likeness (QED) is 0.518. The monoisotopic (exact) mass is 398 g/mol. The third kappa shape index (κ3) is 2.76. The number of carbonyl (C=O) groups is 2. The summed E-state index contributed by atoms with van der Waals surface area (Å²) in [5, 5.41) is 3.43. The number of amides is 2. The summed E-state index contributed by atoms with van der Waals surface area (Å²) >= 11 is 0. The van der Waals surface area contributed by atoms with Gasteiger partial charge in [-0.3, -0.25) is 14.9 Å². The summed E-state index contributed by atoms with van der Waals surface area (Å²) in [6.07, 6.45) is 3.86. The molecule has 1 aliphatic heterocycles. The van der Waals surface area contributed by atoms with Gasteiger partial charge in [-0.1, -0.05) is 24.3 Å². The molecule has 0 fully saturated rings. The third-order valence-corrected chi connectivity index (χ3v) is 5.55. The number of nitrogens with zero attached hydrogens (tertiary/aromatic N) is 2. The van der Waals surface area contributed by atoms with Gasteiger partial charge in [0.1, 0.15) is 0 Å². The molecule has 0 radical (unpaired) electrons. The van der Waals surface area contributed by atoms with E-state index in [0.717, 1.165) is 45.3 Å². The van der Waals surface area contributed by atoms with Gasteiger partial charge in [0.05, 0.1) is 16.8 Å². The van der Waals surface area contributed by atoms with Crippen molar-refractivity contribution >= 4 is 39.4 Å². The van der Waals surface area contributed by atoms with Crippen molar-refractivity contribution in [1.29, 1.82) is 0 Å². The SMILES string of the molecule is Cc1cc2ccc(CN(C)C)cn2c1C1=C(c2c[nH]c3ccccc23)C(=O)NC1=O. The Labute approximate surface area is 173 Å². The Morgan fingerprint density at radius 1 is 1.00 bits per heavy atom. The van der Waals surface area contributed by atoms with Crippen LogP contribution in [0.3, 0.4) is 0 Å². The van der Waals surface area contributed by atoms with Gasteiger partial charge in [-0.15, -0.1) is 0 Å². The van der Waals surface area contributed by atoms with Gasteiger partial charge >= 0.3 is 0 Å². The van der Waals surface area contributed by atoms with Crippen LogP contribution in [-0.4, -0.2) is 40.2 Å². The van der Waals surface area contributed by atoms with Crippen molar-refractivity contribution in [2.45, 2.75) is 13.5 Å². The molecule has 2 amide bonds. The largest absolute Gasteiger partial charge is 0.361 e. The van der Waals surface area contributed by atoms with Gasteiger partial charge in [-0.25, -0.2) is 0 Å². The minimum absolute atomic E-state index is 0.360. The first-order valence-electron chi connectivity index (χ1n) is 9.86. The number of imide groups is 1. The maximum absolute atomic E-state index is 13.0. The van der Waals surface area contributed by atoms with E-state index in [1.165, 1.54) is 0 Å². The minimum Gasteiger partial charge on any atom is -0.361 e. The molecular weight excluding hydrogens is 376 g/mol. The van der Waals surface area contributed by atoms with Gasteiger partial charge in [0.15, 0.2) is 0 Å².